The molecule has 5 heteroatoms. The van der Waals surface area contributed by atoms with Crippen LogP contribution in [-0.2, 0) is 6.54 Å². The van der Waals surface area contributed by atoms with Crippen molar-refractivity contribution in [1.29, 1.82) is 0 Å². The number of hydrogen-bond donors (Lipinski definition) is 2. The highest BCUT2D eigenvalue weighted by molar-refractivity contribution is 5.80. The van der Waals surface area contributed by atoms with Gasteiger partial charge >= 0.3 is 0 Å². The second kappa shape index (κ2) is 9.31. The van der Waals surface area contributed by atoms with Crippen molar-refractivity contribution in [3.8, 4) is 5.75 Å². The summed E-state index contributed by atoms with van der Waals surface area (Å²) in [6, 6.07) is 15.0. The molecule has 148 valence electrons. The van der Waals surface area contributed by atoms with Gasteiger partial charge in [0.1, 0.15) is 5.75 Å². The molecule has 28 heavy (non-hydrogen) atoms. The molecule has 0 saturated carbocycles. The van der Waals surface area contributed by atoms with Crippen LogP contribution >= 0.6 is 0 Å². The minimum Gasteiger partial charge on any atom is -0.496 e. The zero-order valence-corrected chi connectivity index (χ0v) is 17.2. The first-order valence-corrected chi connectivity index (χ1v) is 9.71. The molecule has 1 aliphatic rings. The van der Waals surface area contributed by atoms with Gasteiger partial charge in [-0.3, -0.25) is 4.99 Å². The molecule has 2 N–H and O–H groups in total. The molecule has 0 aromatic heterocycles. The van der Waals surface area contributed by atoms with Crippen molar-refractivity contribution in [2.45, 2.75) is 26.4 Å². The van der Waals surface area contributed by atoms with Crippen LogP contribution in [0.15, 0.2) is 59.6 Å². The van der Waals surface area contributed by atoms with Crippen molar-refractivity contribution in [3.05, 3.63) is 71.3 Å². The van der Waals surface area contributed by atoms with E-state index >= 15 is 0 Å². The van der Waals surface area contributed by atoms with Gasteiger partial charge in [0.2, 0.25) is 0 Å². The number of nitrogens with zero attached hydrogens (tertiary/aromatic N) is 2. The van der Waals surface area contributed by atoms with Gasteiger partial charge in [-0.25, -0.2) is 0 Å². The zero-order valence-electron chi connectivity index (χ0n) is 17.2. The second-order valence-corrected chi connectivity index (χ2v) is 7.08. The van der Waals surface area contributed by atoms with Crippen molar-refractivity contribution < 1.29 is 4.74 Å². The quantitative estimate of drug-likeness (QED) is 0.456. The van der Waals surface area contributed by atoms with E-state index in [0.717, 1.165) is 36.9 Å². The fourth-order valence-corrected chi connectivity index (χ4v) is 3.37. The Morgan fingerprint density at radius 2 is 1.86 bits per heavy atom. The van der Waals surface area contributed by atoms with Gasteiger partial charge in [-0.05, 0) is 37.6 Å². The Labute approximate surface area is 168 Å². The third-order valence-electron chi connectivity index (χ3n) is 5.01. The highest BCUT2D eigenvalue weighted by atomic mass is 16.5. The SMILES string of the molecule is CN=C(NCc1ccc(N2CC=CC2)cc1)NC(C)c1cc(C)ccc1OC. The van der Waals surface area contributed by atoms with Crippen LogP contribution in [0.2, 0.25) is 0 Å². The summed E-state index contributed by atoms with van der Waals surface area (Å²) in [5.74, 6) is 1.65. The number of aryl methyl sites for hydroxylation is 1. The van der Waals surface area contributed by atoms with Crippen molar-refractivity contribution in [3.63, 3.8) is 0 Å². The second-order valence-electron chi connectivity index (χ2n) is 7.08. The van der Waals surface area contributed by atoms with E-state index in [1.54, 1.807) is 14.2 Å². The fraction of sp³-hybridized carbons (Fsp3) is 0.348. The maximum atomic E-state index is 5.51. The molecule has 0 aliphatic carbocycles. The molecule has 5 nitrogen and oxygen atoms in total. The summed E-state index contributed by atoms with van der Waals surface area (Å²) in [5.41, 5.74) is 4.81. The summed E-state index contributed by atoms with van der Waals surface area (Å²) in [4.78, 5) is 6.71. The van der Waals surface area contributed by atoms with E-state index in [-0.39, 0.29) is 6.04 Å². The van der Waals surface area contributed by atoms with E-state index in [1.807, 2.05) is 6.07 Å². The first kappa shape index (κ1) is 19.8. The molecule has 2 aromatic rings. The summed E-state index contributed by atoms with van der Waals surface area (Å²) in [5, 5.41) is 6.85. The lowest BCUT2D eigenvalue weighted by atomic mass is 10.0. The zero-order chi connectivity index (χ0) is 19.9. The fourth-order valence-electron chi connectivity index (χ4n) is 3.37. The summed E-state index contributed by atoms with van der Waals surface area (Å²) in [6.07, 6.45) is 4.41. The Morgan fingerprint density at radius 3 is 2.50 bits per heavy atom. The minimum absolute atomic E-state index is 0.0751. The van der Waals surface area contributed by atoms with Crippen LogP contribution in [0.3, 0.4) is 0 Å². The van der Waals surface area contributed by atoms with Gasteiger partial charge in [0.15, 0.2) is 5.96 Å². The highest BCUT2D eigenvalue weighted by Crippen LogP contribution is 2.26. The van der Waals surface area contributed by atoms with E-state index in [4.69, 9.17) is 4.74 Å². The molecule has 3 rings (SSSR count). The first-order valence-electron chi connectivity index (χ1n) is 9.71. The molecular weight excluding hydrogens is 348 g/mol. The maximum absolute atomic E-state index is 5.51. The monoisotopic (exact) mass is 378 g/mol. The van der Waals surface area contributed by atoms with E-state index in [9.17, 15) is 0 Å². The number of hydrogen-bond acceptors (Lipinski definition) is 3. The Balaban J connectivity index is 1.58. The van der Waals surface area contributed by atoms with E-state index < -0.39 is 0 Å². The van der Waals surface area contributed by atoms with Crippen molar-refractivity contribution in [1.82, 2.24) is 10.6 Å². The highest BCUT2D eigenvalue weighted by Gasteiger charge is 2.13. The molecule has 1 heterocycles. The number of anilines is 1. The molecule has 0 spiro atoms. The topological polar surface area (TPSA) is 48.9 Å². The largest absolute Gasteiger partial charge is 0.496 e. The molecule has 1 aliphatic heterocycles. The standard InChI is InChI=1S/C23H30N4O/c1-17-7-12-22(28-4)21(15-17)18(2)26-23(24-3)25-16-19-8-10-20(11-9-19)27-13-5-6-14-27/h5-12,15,18H,13-14,16H2,1-4H3,(H2,24,25,26). The van der Waals surface area contributed by atoms with Crippen LogP contribution in [0.1, 0.15) is 29.7 Å². The van der Waals surface area contributed by atoms with Crippen LogP contribution in [0.25, 0.3) is 0 Å². The van der Waals surface area contributed by atoms with Crippen molar-refractivity contribution in [2.24, 2.45) is 4.99 Å². The van der Waals surface area contributed by atoms with Gasteiger partial charge in [-0.2, -0.15) is 0 Å². The van der Waals surface area contributed by atoms with Gasteiger partial charge in [0.25, 0.3) is 0 Å². The molecule has 0 fully saturated rings. The summed E-state index contributed by atoms with van der Waals surface area (Å²) < 4.78 is 5.51. The van der Waals surface area contributed by atoms with Crippen molar-refractivity contribution >= 4 is 11.6 Å². The number of aliphatic imine (C=N–C) groups is 1. The summed E-state index contributed by atoms with van der Waals surface area (Å²) >= 11 is 0. The molecule has 0 radical (unpaired) electrons. The van der Waals surface area contributed by atoms with Crippen LogP contribution in [0, 0.1) is 6.92 Å². The van der Waals surface area contributed by atoms with Crippen LogP contribution in [0.4, 0.5) is 5.69 Å². The van der Waals surface area contributed by atoms with Gasteiger partial charge in [-0.1, -0.05) is 42.0 Å². The number of nitrogens with one attached hydrogen (secondary N) is 2. The predicted molar refractivity (Wildman–Crippen MR) is 117 cm³/mol. The van der Waals surface area contributed by atoms with Gasteiger partial charge in [0, 0.05) is 37.9 Å². The van der Waals surface area contributed by atoms with E-state index in [2.05, 4.69) is 82.9 Å². The Hall–Kier alpha value is -2.95. The van der Waals surface area contributed by atoms with Crippen molar-refractivity contribution in [2.75, 3.05) is 32.1 Å². The normalized spacial score (nSPS) is 14.9. The molecule has 0 saturated heterocycles. The third kappa shape index (κ3) is 4.85. The molecular formula is C23H30N4O. The number of methoxy groups -OCH3 is 1. The number of benzene rings is 2. The Morgan fingerprint density at radius 1 is 1.14 bits per heavy atom. The summed E-state index contributed by atoms with van der Waals surface area (Å²) in [6.45, 7) is 6.91. The lowest BCUT2D eigenvalue weighted by Crippen LogP contribution is -2.38. The molecule has 2 aromatic carbocycles. The van der Waals surface area contributed by atoms with Crippen LogP contribution in [-0.4, -0.2) is 33.2 Å². The maximum Gasteiger partial charge on any atom is 0.191 e. The van der Waals surface area contributed by atoms with Crippen LogP contribution < -0.4 is 20.3 Å². The number of rotatable bonds is 6. The first-order chi connectivity index (χ1) is 13.6. The van der Waals surface area contributed by atoms with Crippen LogP contribution in [0.5, 0.6) is 5.75 Å². The predicted octanol–water partition coefficient (Wildman–Crippen LogP) is 3.81. The molecule has 1 unspecified atom stereocenters. The average Bonchev–Trinajstić information content (AvgIpc) is 3.26. The molecule has 0 bridgehead atoms. The average molecular weight is 379 g/mol. The summed E-state index contributed by atoms with van der Waals surface area (Å²) in [7, 11) is 3.49. The third-order valence-corrected chi connectivity index (χ3v) is 5.01. The molecule has 0 amide bonds. The lowest BCUT2D eigenvalue weighted by Gasteiger charge is -2.21. The van der Waals surface area contributed by atoms with Gasteiger partial charge in [0.05, 0.1) is 13.2 Å². The molecule has 1 atom stereocenters. The smallest absolute Gasteiger partial charge is 0.191 e. The van der Waals surface area contributed by atoms with E-state index in [0.29, 0.717) is 0 Å². The minimum atomic E-state index is 0.0751. The van der Waals surface area contributed by atoms with E-state index in [1.165, 1.54) is 16.8 Å². The van der Waals surface area contributed by atoms with Gasteiger partial charge < -0.3 is 20.3 Å². The number of ether oxygens (including phenoxy) is 1. The Bertz CT molecular complexity index is 834. The number of guanidine groups is 1. The van der Waals surface area contributed by atoms with Gasteiger partial charge in [-0.15, -0.1) is 0 Å². The lowest BCUT2D eigenvalue weighted by molar-refractivity contribution is 0.405. The Kier molecular flexibility index (Phi) is 6.58.